The van der Waals surface area contributed by atoms with Crippen molar-refractivity contribution in [2.24, 2.45) is 0 Å². The van der Waals surface area contributed by atoms with Gasteiger partial charge < -0.3 is 14.8 Å². The Morgan fingerprint density at radius 3 is 2.61 bits per heavy atom. The lowest BCUT2D eigenvalue weighted by atomic mass is 10.2. The van der Waals surface area contributed by atoms with Crippen LogP contribution in [-0.4, -0.2) is 36.7 Å². The molecule has 1 atom stereocenters. The Kier molecular flexibility index (Phi) is 5.59. The molecule has 0 spiro atoms. The lowest BCUT2D eigenvalue weighted by molar-refractivity contribution is -0.155. The molecule has 1 aliphatic heterocycles. The van der Waals surface area contributed by atoms with Crippen molar-refractivity contribution in [3.63, 3.8) is 0 Å². The van der Waals surface area contributed by atoms with Crippen molar-refractivity contribution in [2.45, 2.75) is 58.2 Å². The molecule has 0 aromatic carbocycles. The first-order valence-corrected chi connectivity index (χ1v) is 6.47. The van der Waals surface area contributed by atoms with Crippen LogP contribution in [-0.2, 0) is 19.1 Å². The van der Waals surface area contributed by atoms with Crippen LogP contribution in [0.25, 0.3) is 0 Å². The van der Waals surface area contributed by atoms with E-state index in [1.165, 1.54) is 0 Å². The van der Waals surface area contributed by atoms with Crippen molar-refractivity contribution < 1.29 is 19.1 Å². The van der Waals surface area contributed by atoms with Gasteiger partial charge in [-0.15, -0.1) is 0 Å². The van der Waals surface area contributed by atoms with Crippen molar-refractivity contribution in [3.05, 3.63) is 0 Å². The maximum Gasteiger partial charge on any atom is 0.306 e. The second kappa shape index (κ2) is 6.73. The van der Waals surface area contributed by atoms with Crippen LogP contribution < -0.4 is 5.32 Å². The van der Waals surface area contributed by atoms with Crippen LogP contribution in [0.2, 0.25) is 0 Å². The van der Waals surface area contributed by atoms with Gasteiger partial charge in [0, 0.05) is 19.6 Å². The Balaban J connectivity index is 2.10. The van der Waals surface area contributed by atoms with Crippen LogP contribution in [0.1, 0.15) is 46.5 Å². The number of carbonyl (C=O) groups is 2. The zero-order valence-corrected chi connectivity index (χ0v) is 11.5. The number of carbonyl (C=O) groups excluding carboxylic acids is 2. The van der Waals surface area contributed by atoms with E-state index in [4.69, 9.17) is 9.47 Å². The van der Waals surface area contributed by atoms with Gasteiger partial charge in [-0.25, -0.2) is 0 Å². The highest BCUT2D eigenvalue weighted by atomic mass is 16.6. The van der Waals surface area contributed by atoms with E-state index in [1.54, 1.807) is 0 Å². The van der Waals surface area contributed by atoms with Gasteiger partial charge in [0.15, 0.2) is 0 Å². The maximum absolute atomic E-state index is 11.5. The Morgan fingerprint density at radius 2 is 2.06 bits per heavy atom. The van der Waals surface area contributed by atoms with Crippen molar-refractivity contribution >= 4 is 11.9 Å². The van der Waals surface area contributed by atoms with Gasteiger partial charge in [-0.2, -0.15) is 0 Å². The van der Waals surface area contributed by atoms with Crippen LogP contribution in [0.5, 0.6) is 0 Å². The minimum atomic E-state index is -0.495. The minimum absolute atomic E-state index is 0.120. The molecule has 0 bridgehead atoms. The summed E-state index contributed by atoms with van der Waals surface area (Å²) in [6.45, 7) is 6.73. The normalized spacial score (nSPS) is 19.6. The molecule has 5 heteroatoms. The highest BCUT2D eigenvalue weighted by molar-refractivity contribution is 5.81. The van der Waals surface area contributed by atoms with Gasteiger partial charge in [0.2, 0.25) is 5.91 Å². The standard InChI is InChI=1S/C13H23NO4/c1-13(2,3)18-12(16)7-6-11(15)14-9-10-5-4-8-17-10/h10H,4-9H2,1-3H3,(H,14,15). The highest BCUT2D eigenvalue weighted by Crippen LogP contribution is 2.11. The van der Waals surface area contributed by atoms with Gasteiger partial charge in [-0.1, -0.05) is 0 Å². The number of ether oxygens (including phenoxy) is 2. The quantitative estimate of drug-likeness (QED) is 0.756. The molecule has 0 aromatic rings. The molecular formula is C13H23NO4. The van der Waals surface area contributed by atoms with E-state index < -0.39 is 5.60 Å². The van der Waals surface area contributed by atoms with Gasteiger partial charge in [0.25, 0.3) is 0 Å². The van der Waals surface area contributed by atoms with Gasteiger partial charge in [-0.05, 0) is 33.6 Å². The number of amides is 1. The molecule has 104 valence electrons. The number of hydrogen-bond acceptors (Lipinski definition) is 4. The first kappa shape index (κ1) is 15.0. The maximum atomic E-state index is 11.5. The van der Waals surface area contributed by atoms with E-state index in [9.17, 15) is 9.59 Å². The third kappa shape index (κ3) is 6.59. The first-order valence-electron chi connectivity index (χ1n) is 6.47. The smallest absolute Gasteiger partial charge is 0.306 e. The molecule has 1 saturated heterocycles. The minimum Gasteiger partial charge on any atom is -0.460 e. The molecule has 0 aliphatic carbocycles. The van der Waals surface area contributed by atoms with Crippen LogP contribution in [0.3, 0.4) is 0 Å². The summed E-state index contributed by atoms with van der Waals surface area (Å²) in [6.07, 6.45) is 2.47. The van der Waals surface area contributed by atoms with Crippen molar-refractivity contribution in [2.75, 3.05) is 13.2 Å². The number of nitrogens with one attached hydrogen (secondary N) is 1. The largest absolute Gasteiger partial charge is 0.460 e. The molecule has 5 nitrogen and oxygen atoms in total. The molecule has 0 radical (unpaired) electrons. The Labute approximate surface area is 108 Å². The number of hydrogen-bond donors (Lipinski definition) is 1. The molecule has 1 fully saturated rings. The Morgan fingerprint density at radius 1 is 1.33 bits per heavy atom. The van der Waals surface area contributed by atoms with Crippen LogP contribution >= 0.6 is 0 Å². The predicted molar refractivity (Wildman–Crippen MR) is 67.1 cm³/mol. The summed E-state index contributed by atoms with van der Waals surface area (Å²) in [5, 5.41) is 2.77. The highest BCUT2D eigenvalue weighted by Gasteiger charge is 2.18. The molecule has 1 heterocycles. The van der Waals surface area contributed by atoms with E-state index in [2.05, 4.69) is 5.32 Å². The molecule has 1 aliphatic rings. The Hall–Kier alpha value is -1.10. The number of esters is 1. The Bertz CT molecular complexity index is 290. The van der Waals surface area contributed by atoms with Gasteiger partial charge in [0.1, 0.15) is 5.60 Å². The second-order valence-corrected chi connectivity index (χ2v) is 5.53. The molecule has 1 unspecified atom stereocenters. The molecule has 18 heavy (non-hydrogen) atoms. The summed E-state index contributed by atoms with van der Waals surface area (Å²) < 4.78 is 10.5. The van der Waals surface area contributed by atoms with E-state index in [-0.39, 0.29) is 30.8 Å². The molecule has 1 amide bonds. The summed E-state index contributed by atoms with van der Waals surface area (Å²) in [5.74, 6) is -0.467. The lowest BCUT2D eigenvalue weighted by Crippen LogP contribution is -2.32. The van der Waals surface area contributed by atoms with Crippen molar-refractivity contribution in [1.29, 1.82) is 0 Å². The summed E-state index contributed by atoms with van der Waals surface area (Å²) in [7, 11) is 0. The monoisotopic (exact) mass is 257 g/mol. The molecule has 0 aromatic heterocycles. The van der Waals surface area contributed by atoms with Gasteiger partial charge in [-0.3, -0.25) is 9.59 Å². The average molecular weight is 257 g/mol. The lowest BCUT2D eigenvalue weighted by Gasteiger charge is -2.19. The SMILES string of the molecule is CC(C)(C)OC(=O)CCC(=O)NCC1CCCO1. The van der Waals surface area contributed by atoms with Gasteiger partial charge in [0.05, 0.1) is 12.5 Å². The fraction of sp³-hybridized carbons (Fsp3) is 0.846. The summed E-state index contributed by atoms with van der Waals surface area (Å²) in [6, 6.07) is 0. The van der Waals surface area contributed by atoms with E-state index in [1.807, 2.05) is 20.8 Å². The van der Waals surface area contributed by atoms with E-state index >= 15 is 0 Å². The van der Waals surface area contributed by atoms with Crippen molar-refractivity contribution in [1.82, 2.24) is 5.32 Å². The fourth-order valence-corrected chi connectivity index (χ4v) is 1.73. The molecule has 1 N–H and O–H groups in total. The van der Waals surface area contributed by atoms with Crippen LogP contribution in [0, 0.1) is 0 Å². The summed E-state index contributed by atoms with van der Waals surface area (Å²) in [5.41, 5.74) is -0.495. The van der Waals surface area contributed by atoms with Gasteiger partial charge >= 0.3 is 5.97 Å². The van der Waals surface area contributed by atoms with Crippen LogP contribution in [0.4, 0.5) is 0 Å². The van der Waals surface area contributed by atoms with E-state index in [0.717, 1.165) is 19.4 Å². The molecule has 1 rings (SSSR count). The average Bonchev–Trinajstić information content (AvgIpc) is 2.74. The topological polar surface area (TPSA) is 64.6 Å². The van der Waals surface area contributed by atoms with E-state index in [0.29, 0.717) is 6.54 Å². The summed E-state index contributed by atoms with van der Waals surface area (Å²) >= 11 is 0. The van der Waals surface area contributed by atoms with Crippen LogP contribution in [0.15, 0.2) is 0 Å². The third-order valence-corrected chi connectivity index (χ3v) is 2.53. The zero-order chi connectivity index (χ0) is 13.6. The third-order valence-electron chi connectivity index (χ3n) is 2.53. The first-order chi connectivity index (χ1) is 8.37. The van der Waals surface area contributed by atoms with Crippen molar-refractivity contribution in [3.8, 4) is 0 Å². The summed E-state index contributed by atoms with van der Waals surface area (Å²) in [4.78, 5) is 22.9. The fourth-order valence-electron chi connectivity index (χ4n) is 1.73. The predicted octanol–water partition coefficient (Wildman–Crippen LogP) is 1.40. The second-order valence-electron chi connectivity index (χ2n) is 5.53. The molecular weight excluding hydrogens is 234 g/mol. The zero-order valence-electron chi connectivity index (χ0n) is 11.5. The number of rotatable bonds is 5. The molecule has 0 saturated carbocycles.